The third-order valence-corrected chi connectivity index (χ3v) is 6.57. The van der Waals surface area contributed by atoms with Crippen molar-refractivity contribution in [3.05, 3.63) is 71.9 Å². The number of aromatic amines is 1. The number of carbonyl (C=O) groups is 5. The number of aromatic nitrogens is 1. The van der Waals surface area contributed by atoms with Crippen LogP contribution < -0.4 is 27.4 Å². The van der Waals surface area contributed by atoms with E-state index in [0.717, 1.165) is 10.9 Å². The summed E-state index contributed by atoms with van der Waals surface area (Å²) in [4.78, 5) is 65.2. The molecule has 4 amide bonds. The van der Waals surface area contributed by atoms with Gasteiger partial charge in [-0.15, -0.1) is 0 Å². The molecule has 12 nitrogen and oxygen atoms in total. The van der Waals surface area contributed by atoms with E-state index in [4.69, 9.17) is 11.5 Å². The van der Waals surface area contributed by atoms with E-state index in [1.54, 1.807) is 36.5 Å². The molecule has 0 radical (unpaired) electrons. The van der Waals surface area contributed by atoms with Crippen molar-refractivity contribution in [1.29, 1.82) is 0 Å². The number of H-pyrrole nitrogens is 1. The average Bonchev–Trinajstić information content (AvgIpc) is 3.33. The number of nitrogens with one attached hydrogen (secondary N) is 4. The Hall–Kier alpha value is -4.36. The summed E-state index contributed by atoms with van der Waals surface area (Å²) >= 11 is 4.16. The first-order chi connectivity index (χ1) is 19.1. The van der Waals surface area contributed by atoms with Crippen LogP contribution in [0.25, 0.3) is 10.9 Å². The summed E-state index contributed by atoms with van der Waals surface area (Å²) in [6.07, 6.45) is 1.33. The van der Waals surface area contributed by atoms with Gasteiger partial charge in [0, 0.05) is 35.7 Å². The Kier molecular flexibility index (Phi) is 10.7. The molecule has 0 saturated carbocycles. The molecule has 3 aromatic rings. The van der Waals surface area contributed by atoms with E-state index in [1.165, 1.54) is 0 Å². The molecule has 212 valence electrons. The highest BCUT2D eigenvalue weighted by molar-refractivity contribution is 7.80. The number of nitrogens with two attached hydrogens (primary N) is 2. The van der Waals surface area contributed by atoms with Gasteiger partial charge in [-0.25, -0.2) is 4.79 Å². The van der Waals surface area contributed by atoms with Crippen LogP contribution in [0.2, 0.25) is 0 Å². The molecule has 1 heterocycles. The Morgan fingerprint density at radius 2 is 1.43 bits per heavy atom. The molecule has 3 rings (SSSR count). The number of rotatable bonds is 14. The Morgan fingerprint density at radius 1 is 0.825 bits per heavy atom. The van der Waals surface area contributed by atoms with E-state index in [1.807, 2.05) is 24.3 Å². The third kappa shape index (κ3) is 8.32. The van der Waals surface area contributed by atoms with Crippen LogP contribution in [0.4, 0.5) is 0 Å². The fourth-order valence-electron chi connectivity index (χ4n) is 4.11. The number of amides is 4. The predicted molar refractivity (Wildman–Crippen MR) is 151 cm³/mol. The summed E-state index contributed by atoms with van der Waals surface area (Å²) in [7, 11) is 0. The molecule has 4 atom stereocenters. The maximum atomic E-state index is 13.4. The molecule has 0 aliphatic carbocycles. The molecular formula is C27H32N6O6S. The molecular weight excluding hydrogens is 536 g/mol. The van der Waals surface area contributed by atoms with Gasteiger partial charge >= 0.3 is 5.97 Å². The van der Waals surface area contributed by atoms with Crippen molar-refractivity contribution < 1.29 is 29.1 Å². The fraction of sp³-hybridized carbons (Fsp3) is 0.296. The predicted octanol–water partition coefficient (Wildman–Crippen LogP) is -0.375. The third-order valence-electron chi connectivity index (χ3n) is 6.20. The van der Waals surface area contributed by atoms with Gasteiger partial charge in [0.25, 0.3) is 0 Å². The van der Waals surface area contributed by atoms with E-state index in [9.17, 15) is 29.1 Å². The summed E-state index contributed by atoms with van der Waals surface area (Å²) in [5.41, 5.74) is 13.1. The minimum Gasteiger partial charge on any atom is -0.480 e. The number of carbonyl (C=O) groups excluding carboxylic acids is 4. The molecule has 0 spiro atoms. The Balaban J connectivity index is 1.76. The normalized spacial score (nSPS) is 13.9. The quantitative estimate of drug-likeness (QED) is 0.121. The minimum atomic E-state index is -1.28. The SMILES string of the molecule is NC(=O)CC(N)C(=O)NC(Cc1c[nH]c2ccccc12)C(=O)NC(CS)C(=O)NC(Cc1ccccc1)C(=O)O. The van der Waals surface area contributed by atoms with Crippen LogP contribution in [-0.4, -0.2) is 69.6 Å². The Morgan fingerprint density at radius 3 is 2.08 bits per heavy atom. The van der Waals surface area contributed by atoms with E-state index in [0.29, 0.717) is 11.1 Å². The van der Waals surface area contributed by atoms with E-state index in [2.05, 4.69) is 33.6 Å². The number of carboxylic acids is 1. The molecule has 9 N–H and O–H groups in total. The first kappa shape index (κ1) is 30.2. The molecule has 0 fully saturated rings. The van der Waals surface area contributed by atoms with Crippen LogP contribution in [0.15, 0.2) is 60.8 Å². The highest BCUT2D eigenvalue weighted by Gasteiger charge is 2.30. The van der Waals surface area contributed by atoms with Crippen molar-refractivity contribution in [1.82, 2.24) is 20.9 Å². The minimum absolute atomic E-state index is 0.0253. The molecule has 0 bridgehead atoms. The van der Waals surface area contributed by atoms with Gasteiger partial charge in [0.1, 0.15) is 18.1 Å². The van der Waals surface area contributed by atoms with Crippen LogP contribution in [0, 0.1) is 0 Å². The molecule has 4 unspecified atom stereocenters. The summed E-state index contributed by atoms with van der Waals surface area (Å²) in [6.45, 7) is 0. The number of para-hydroxylation sites is 1. The first-order valence-corrected chi connectivity index (χ1v) is 13.1. The van der Waals surface area contributed by atoms with E-state index < -0.39 is 60.2 Å². The standard InChI is InChI=1S/C27H32N6O6S/c28-18(12-23(29)34)24(35)31-20(11-16-13-30-19-9-5-4-8-17(16)19)25(36)33-22(14-40)26(37)32-21(27(38)39)10-15-6-2-1-3-7-15/h1-9,13,18,20-22,30,40H,10-12,14,28H2,(H2,29,34)(H,31,35)(H,32,37)(H,33,36)(H,38,39). The summed E-state index contributed by atoms with van der Waals surface area (Å²) in [5, 5.41) is 18.0. The number of benzene rings is 2. The van der Waals surface area contributed by atoms with Gasteiger partial charge in [-0.1, -0.05) is 48.5 Å². The van der Waals surface area contributed by atoms with Gasteiger partial charge in [-0.2, -0.15) is 12.6 Å². The number of fused-ring (bicyclic) bond motifs is 1. The van der Waals surface area contributed by atoms with Crippen molar-refractivity contribution >= 4 is 53.1 Å². The maximum Gasteiger partial charge on any atom is 0.326 e. The largest absolute Gasteiger partial charge is 0.480 e. The van der Waals surface area contributed by atoms with Gasteiger partial charge in [-0.05, 0) is 17.2 Å². The Labute approximate surface area is 235 Å². The first-order valence-electron chi connectivity index (χ1n) is 12.5. The van der Waals surface area contributed by atoms with Gasteiger partial charge in [0.15, 0.2) is 0 Å². The van der Waals surface area contributed by atoms with Crippen molar-refractivity contribution in [3.8, 4) is 0 Å². The lowest BCUT2D eigenvalue weighted by molar-refractivity contribution is -0.142. The summed E-state index contributed by atoms with van der Waals surface area (Å²) in [5.74, 6) is -4.43. The van der Waals surface area contributed by atoms with Crippen molar-refractivity contribution in [2.45, 2.75) is 43.4 Å². The lowest BCUT2D eigenvalue weighted by atomic mass is 10.0. The van der Waals surface area contributed by atoms with Crippen molar-refractivity contribution in [3.63, 3.8) is 0 Å². The summed E-state index contributed by atoms with van der Waals surface area (Å²) in [6, 6.07) is 11.2. The highest BCUT2D eigenvalue weighted by atomic mass is 32.1. The second-order valence-corrected chi connectivity index (χ2v) is 9.60. The monoisotopic (exact) mass is 568 g/mol. The molecule has 0 aliphatic heterocycles. The zero-order valence-electron chi connectivity index (χ0n) is 21.5. The van der Waals surface area contributed by atoms with Gasteiger partial charge < -0.3 is 37.5 Å². The summed E-state index contributed by atoms with van der Waals surface area (Å²) < 4.78 is 0. The van der Waals surface area contributed by atoms with Gasteiger partial charge in [0.05, 0.1) is 12.5 Å². The second kappa shape index (κ2) is 14.1. The van der Waals surface area contributed by atoms with Gasteiger partial charge in [0.2, 0.25) is 23.6 Å². The molecule has 0 saturated heterocycles. The lowest BCUT2D eigenvalue weighted by Gasteiger charge is -2.24. The number of hydrogen-bond acceptors (Lipinski definition) is 7. The smallest absolute Gasteiger partial charge is 0.326 e. The van der Waals surface area contributed by atoms with Crippen LogP contribution in [-0.2, 0) is 36.8 Å². The molecule has 1 aromatic heterocycles. The molecule has 40 heavy (non-hydrogen) atoms. The van der Waals surface area contributed by atoms with Crippen LogP contribution >= 0.6 is 12.6 Å². The number of hydrogen-bond donors (Lipinski definition) is 8. The fourth-order valence-corrected chi connectivity index (χ4v) is 4.36. The zero-order valence-corrected chi connectivity index (χ0v) is 22.4. The van der Waals surface area contributed by atoms with Crippen LogP contribution in [0.3, 0.4) is 0 Å². The van der Waals surface area contributed by atoms with Crippen LogP contribution in [0.5, 0.6) is 0 Å². The van der Waals surface area contributed by atoms with Gasteiger partial charge in [-0.3, -0.25) is 19.2 Å². The molecule has 13 heteroatoms. The zero-order chi connectivity index (χ0) is 29.2. The lowest BCUT2D eigenvalue weighted by Crippen LogP contribution is -2.58. The second-order valence-electron chi connectivity index (χ2n) is 9.23. The maximum absolute atomic E-state index is 13.4. The van der Waals surface area contributed by atoms with E-state index in [-0.39, 0.29) is 18.6 Å². The number of thiol groups is 1. The Bertz CT molecular complexity index is 1360. The highest BCUT2D eigenvalue weighted by Crippen LogP contribution is 2.19. The number of primary amides is 1. The van der Waals surface area contributed by atoms with Crippen molar-refractivity contribution in [2.75, 3.05) is 5.75 Å². The molecule has 0 aliphatic rings. The topological polar surface area (TPSA) is 209 Å². The van der Waals surface area contributed by atoms with E-state index >= 15 is 0 Å². The number of carboxylic acid groups (broad SMARTS) is 1. The van der Waals surface area contributed by atoms with Crippen LogP contribution in [0.1, 0.15) is 17.5 Å². The van der Waals surface area contributed by atoms with Crippen molar-refractivity contribution in [2.24, 2.45) is 11.5 Å². The number of aliphatic carboxylic acids is 1. The average molecular weight is 569 g/mol. The molecule has 2 aromatic carbocycles.